The molecule has 14 heavy (non-hydrogen) atoms. The topological polar surface area (TPSA) is 44.5 Å². The Morgan fingerprint density at radius 3 is 2.71 bits per heavy atom. The Hall–Kier alpha value is -1.13. The van der Waals surface area contributed by atoms with Crippen molar-refractivity contribution in [2.45, 2.75) is 19.7 Å². The van der Waals surface area contributed by atoms with Crippen molar-refractivity contribution in [2.24, 2.45) is 5.90 Å². The third-order valence-electron chi connectivity index (χ3n) is 2.01. The van der Waals surface area contributed by atoms with Crippen molar-refractivity contribution >= 4 is 0 Å². The lowest BCUT2D eigenvalue weighted by atomic mass is 10.0. The zero-order chi connectivity index (χ0) is 10.6. The fourth-order valence-electron chi connectivity index (χ4n) is 1.43. The molecular formula is C10H14FNO2. The lowest BCUT2D eigenvalue weighted by Gasteiger charge is -2.13. The summed E-state index contributed by atoms with van der Waals surface area (Å²) in [5, 5.41) is 0. The molecule has 0 saturated heterocycles. The predicted octanol–water partition coefficient (Wildman–Crippen LogP) is 2.12. The van der Waals surface area contributed by atoms with Crippen LogP contribution in [-0.4, -0.2) is 7.11 Å². The van der Waals surface area contributed by atoms with Gasteiger partial charge in [-0.25, -0.2) is 10.3 Å². The molecule has 0 aliphatic rings. The van der Waals surface area contributed by atoms with Crippen LogP contribution in [0.5, 0.6) is 5.75 Å². The summed E-state index contributed by atoms with van der Waals surface area (Å²) in [5.74, 6) is 5.48. The van der Waals surface area contributed by atoms with Crippen LogP contribution in [0, 0.1) is 0 Å². The van der Waals surface area contributed by atoms with E-state index in [1.165, 1.54) is 14.0 Å². The summed E-state index contributed by atoms with van der Waals surface area (Å²) >= 11 is 0. The molecular weight excluding hydrogens is 185 g/mol. The van der Waals surface area contributed by atoms with Crippen LogP contribution in [0.1, 0.15) is 24.2 Å². The van der Waals surface area contributed by atoms with E-state index >= 15 is 0 Å². The molecule has 1 unspecified atom stereocenters. The number of halogens is 1. The average molecular weight is 199 g/mol. The highest BCUT2D eigenvalue weighted by Gasteiger charge is 2.14. The molecule has 0 saturated carbocycles. The molecule has 1 aromatic rings. The molecule has 0 spiro atoms. The molecule has 0 aromatic heterocycles. The van der Waals surface area contributed by atoms with E-state index in [0.29, 0.717) is 16.9 Å². The number of rotatable bonds is 4. The van der Waals surface area contributed by atoms with Gasteiger partial charge in [0, 0.05) is 5.56 Å². The normalized spacial score (nSPS) is 12.6. The van der Waals surface area contributed by atoms with Gasteiger partial charge in [0.25, 0.3) is 0 Å². The molecule has 2 N–H and O–H groups in total. The molecule has 78 valence electrons. The number of alkyl halides is 1. The first-order chi connectivity index (χ1) is 6.70. The van der Waals surface area contributed by atoms with Gasteiger partial charge < -0.3 is 4.74 Å². The highest BCUT2D eigenvalue weighted by Crippen LogP contribution is 2.30. The minimum absolute atomic E-state index is 0.181. The van der Waals surface area contributed by atoms with E-state index in [0.717, 1.165) is 0 Å². The van der Waals surface area contributed by atoms with Crippen molar-refractivity contribution in [2.75, 3.05) is 7.11 Å². The van der Waals surface area contributed by atoms with Gasteiger partial charge in [-0.1, -0.05) is 12.1 Å². The van der Waals surface area contributed by atoms with Crippen LogP contribution in [-0.2, 0) is 11.4 Å². The Morgan fingerprint density at radius 1 is 1.50 bits per heavy atom. The lowest BCUT2D eigenvalue weighted by Crippen LogP contribution is -2.04. The van der Waals surface area contributed by atoms with Crippen molar-refractivity contribution in [3.8, 4) is 5.75 Å². The first-order valence-electron chi connectivity index (χ1n) is 4.32. The Bertz CT molecular complexity index is 302. The zero-order valence-corrected chi connectivity index (χ0v) is 8.29. The third-order valence-corrected chi connectivity index (χ3v) is 2.01. The van der Waals surface area contributed by atoms with Gasteiger partial charge in [0.2, 0.25) is 0 Å². The van der Waals surface area contributed by atoms with Gasteiger partial charge in [-0.05, 0) is 18.6 Å². The zero-order valence-electron chi connectivity index (χ0n) is 8.29. The SMILES string of the molecule is COc1cccc(CON)c1C(C)F. The maximum Gasteiger partial charge on any atom is 0.126 e. The van der Waals surface area contributed by atoms with E-state index in [2.05, 4.69) is 4.84 Å². The van der Waals surface area contributed by atoms with E-state index in [1.807, 2.05) is 0 Å². The van der Waals surface area contributed by atoms with Crippen LogP contribution in [0.15, 0.2) is 18.2 Å². The summed E-state index contributed by atoms with van der Waals surface area (Å²) in [7, 11) is 1.51. The lowest BCUT2D eigenvalue weighted by molar-refractivity contribution is 0.122. The standard InChI is InChI=1S/C10H14FNO2/c1-7(11)10-8(6-14-12)4-3-5-9(10)13-2/h3-5,7H,6,12H2,1-2H3. The van der Waals surface area contributed by atoms with Crippen LogP contribution in [0.3, 0.4) is 0 Å². The molecule has 0 fully saturated rings. The van der Waals surface area contributed by atoms with Crippen LogP contribution in [0.4, 0.5) is 4.39 Å². The molecule has 4 heteroatoms. The molecule has 0 aliphatic carbocycles. The third kappa shape index (κ3) is 2.21. The molecule has 0 bridgehead atoms. The minimum Gasteiger partial charge on any atom is -0.496 e. The Labute approximate surface area is 82.6 Å². The number of ether oxygens (including phenoxy) is 1. The maximum absolute atomic E-state index is 13.3. The molecule has 0 amide bonds. The Morgan fingerprint density at radius 2 is 2.21 bits per heavy atom. The average Bonchev–Trinajstić information content (AvgIpc) is 2.17. The van der Waals surface area contributed by atoms with Crippen molar-refractivity contribution in [3.63, 3.8) is 0 Å². The summed E-state index contributed by atoms with van der Waals surface area (Å²) in [6.07, 6.45) is -1.10. The molecule has 1 aromatic carbocycles. The quantitative estimate of drug-likeness (QED) is 0.755. The second kappa shape index (κ2) is 4.93. The van der Waals surface area contributed by atoms with Crippen molar-refractivity contribution in [1.82, 2.24) is 0 Å². The monoisotopic (exact) mass is 199 g/mol. The summed E-state index contributed by atoms with van der Waals surface area (Å²) < 4.78 is 18.3. The van der Waals surface area contributed by atoms with Gasteiger partial charge in [0.15, 0.2) is 0 Å². The number of methoxy groups -OCH3 is 1. The van der Waals surface area contributed by atoms with Crippen molar-refractivity contribution in [3.05, 3.63) is 29.3 Å². The van der Waals surface area contributed by atoms with Gasteiger partial charge in [0.05, 0.1) is 13.7 Å². The highest BCUT2D eigenvalue weighted by molar-refractivity contribution is 5.41. The first-order valence-corrected chi connectivity index (χ1v) is 4.32. The van der Waals surface area contributed by atoms with Crippen LogP contribution >= 0.6 is 0 Å². The van der Waals surface area contributed by atoms with E-state index < -0.39 is 6.17 Å². The van der Waals surface area contributed by atoms with Crippen LogP contribution in [0.2, 0.25) is 0 Å². The fraction of sp³-hybridized carbons (Fsp3) is 0.400. The maximum atomic E-state index is 13.3. The molecule has 1 atom stereocenters. The van der Waals surface area contributed by atoms with E-state index in [1.54, 1.807) is 18.2 Å². The largest absolute Gasteiger partial charge is 0.496 e. The smallest absolute Gasteiger partial charge is 0.126 e. The minimum atomic E-state index is -1.10. The van der Waals surface area contributed by atoms with E-state index in [9.17, 15) is 4.39 Å². The molecule has 0 heterocycles. The molecule has 3 nitrogen and oxygen atoms in total. The van der Waals surface area contributed by atoms with Gasteiger partial charge in [-0.2, -0.15) is 0 Å². The first kappa shape index (κ1) is 10.9. The summed E-state index contributed by atoms with van der Waals surface area (Å²) in [4.78, 5) is 4.50. The number of nitrogens with two attached hydrogens (primary N) is 1. The number of hydrogen-bond acceptors (Lipinski definition) is 3. The molecule has 1 rings (SSSR count). The van der Waals surface area contributed by atoms with Gasteiger partial charge in [-0.15, -0.1) is 0 Å². The van der Waals surface area contributed by atoms with Crippen LogP contribution < -0.4 is 10.6 Å². The Balaban J connectivity index is 3.14. The van der Waals surface area contributed by atoms with E-state index in [-0.39, 0.29) is 6.61 Å². The summed E-state index contributed by atoms with van der Waals surface area (Å²) in [6.45, 7) is 1.64. The highest BCUT2D eigenvalue weighted by atomic mass is 19.1. The number of benzene rings is 1. The van der Waals surface area contributed by atoms with Crippen molar-refractivity contribution in [1.29, 1.82) is 0 Å². The number of hydrogen-bond donors (Lipinski definition) is 1. The van der Waals surface area contributed by atoms with Gasteiger partial charge >= 0.3 is 0 Å². The second-order valence-electron chi connectivity index (χ2n) is 2.96. The summed E-state index contributed by atoms with van der Waals surface area (Å²) in [5.41, 5.74) is 1.21. The summed E-state index contributed by atoms with van der Waals surface area (Å²) in [6, 6.07) is 5.26. The van der Waals surface area contributed by atoms with E-state index in [4.69, 9.17) is 10.6 Å². The fourth-order valence-corrected chi connectivity index (χ4v) is 1.43. The van der Waals surface area contributed by atoms with Gasteiger partial charge in [-0.3, -0.25) is 4.84 Å². The van der Waals surface area contributed by atoms with Crippen molar-refractivity contribution < 1.29 is 14.0 Å². The molecule has 0 aliphatic heterocycles. The molecule has 0 radical (unpaired) electrons. The predicted molar refractivity (Wildman–Crippen MR) is 51.5 cm³/mol. The van der Waals surface area contributed by atoms with Gasteiger partial charge in [0.1, 0.15) is 11.9 Å². The second-order valence-corrected chi connectivity index (χ2v) is 2.96. The Kier molecular flexibility index (Phi) is 3.85. The van der Waals surface area contributed by atoms with Crippen LogP contribution in [0.25, 0.3) is 0 Å².